The molecule has 19 heavy (non-hydrogen) atoms. The van der Waals surface area contributed by atoms with Crippen LogP contribution in [0.3, 0.4) is 0 Å². The van der Waals surface area contributed by atoms with Gasteiger partial charge in [0, 0.05) is 11.6 Å². The first-order chi connectivity index (χ1) is 9.06. The molecule has 0 saturated heterocycles. The quantitative estimate of drug-likeness (QED) is 0.895. The molecule has 0 saturated carbocycles. The van der Waals surface area contributed by atoms with Gasteiger partial charge in [0.1, 0.15) is 0 Å². The van der Waals surface area contributed by atoms with Gasteiger partial charge in [-0.15, -0.1) is 0 Å². The second kappa shape index (κ2) is 6.23. The van der Waals surface area contributed by atoms with E-state index in [0.29, 0.717) is 15.3 Å². The summed E-state index contributed by atoms with van der Waals surface area (Å²) in [5.74, 6) is -0.186. The fourth-order valence-electron chi connectivity index (χ4n) is 1.52. The Bertz CT molecular complexity index is 568. The van der Waals surface area contributed by atoms with E-state index >= 15 is 0 Å². The number of carbonyl (C=O) groups is 1. The van der Waals surface area contributed by atoms with Crippen LogP contribution in [0.15, 0.2) is 45.5 Å². The van der Waals surface area contributed by atoms with Crippen LogP contribution in [0.4, 0.5) is 0 Å². The molecule has 0 aliphatic heterocycles. The Labute approximate surface area is 123 Å². The highest BCUT2D eigenvalue weighted by atomic mass is 79.9. The summed E-state index contributed by atoms with van der Waals surface area (Å²) in [4.78, 5) is 11.7. The lowest BCUT2D eigenvalue weighted by Gasteiger charge is -2.11. The van der Waals surface area contributed by atoms with Gasteiger partial charge in [-0.25, -0.2) is 0 Å². The number of hydrogen-bond acceptors (Lipinski definition) is 3. The monoisotopic (exact) mass is 343 g/mol. The Morgan fingerprint density at radius 3 is 2.58 bits per heavy atom. The molecule has 0 spiro atoms. The zero-order valence-electron chi connectivity index (χ0n) is 9.77. The van der Waals surface area contributed by atoms with Crippen LogP contribution in [0.1, 0.15) is 22.2 Å². The minimum Gasteiger partial charge on any atom is -0.444 e. The number of aliphatic hydroxyl groups is 1. The molecular formula is C13H11BrClNO3. The number of halogens is 2. The van der Waals surface area contributed by atoms with E-state index in [9.17, 15) is 9.90 Å². The molecule has 4 nitrogen and oxygen atoms in total. The van der Waals surface area contributed by atoms with Crippen LogP contribution in [-0.2, 0) is 0 Å². The Kier molecular flexibility index (Phi) is 4.63. The van der Waals surface area contributed by atoms with E-state index in [1.807, 2.05) is 0 Å². The lowest BCUT2D eigenvalue weighted by atomic mass is 10.1. The van der Waals surface area contributed by atoms with E-state index in [0.717, 1.165) is 0 Å². The molecule has 1 amide bonds. The fourth-order valence-corrected chi connectivity index (χ4v) is 1.95. The normalized spacial score (nSPS) is 12.2. The van der Waals surface area contributed by atoms with Crippen molar-refractivity contribution >= 4 is 33.4 Å². The second-order valence-corrected chi connectivity index (χ2v) is 5.10. The topological polar surface area (TPSA) is 62.5 Å². The van der Waals surface area contributed by atoms with E-state index in [1.54, 1.807) is 36.4 Å². The number of furan rings is 1. The van der Waals surface area contributed by atoms with Crippen molar-refractivity contribution in [2.24, 2.45) is 0 Å². The Hall–Kier alpha value is -1.30. The average Bonchev–Trinajstić information content (AvgIpc) is 2.83. The van der Waals surface area contributed by atoms with Crippen LogP contribution in [0, 0.1) is 0 Å². The SMILES string of the molecule is O=C(NCC(O)c1ccc(Cl)cc1)c1ccc(Br)o1. The van der Waals surface area contributed by atoms with Gasteiger partial charge >= 0.3 is 0 Å². The van der Waals surface area contributed by atoms with Gasteiger partial charge in [0.15, 0.2) is 10.4 Å². The summed E-state index contributed by atoms with van der Waals surface area (Å²) in [7, 11) is 0. The van der Waals surface area contributed by atoms with Crippen LogP contribution in [0.5, 0.6) is 0 Å². The van der Waals surface area contributed by atoms with Crippen molar-refractivity contribution in [3.05, 3.63) is 57.4 Å². The largest absolute Gasteiger partial charge is 0.444 e. The molecule has 0 aliphatic carbocycles. The number of hydrogen-bond donors (Lipinski definition) is 2. The predicted octanol–water partition coefficient (Wildman–Crippen LogP) is 3.16. The Balaban J connectivity index is 1.91. The second-order valence-electron chi connectivity index (χ2n) is 3.88. The number of carbonyl (C=O) groups excluding carboxylic acids is 1. The maximum atomic E-state index is 11.7. The van der Waals surface area contributed by atoms with Crippen LogP contribution in [0.2, 0.25) is 5.02 Å². The fraction of sp³-hybridized carbons (Fsp3) is 0.154. The molecule has 2 rings (SSSR count). The third-order valence-corrected chi connectivity index (χ3v) is 3.19. The number of amides is 1. The highest BCUT2D eigenvalue weighted by Gasteiger charge is 2.13. The third-order valence-electron chi connectivity index (χ3n) is 2.51. The Morgan fingerprint density at radius 1 is 1.32 bits per heavy atom. The van der Waals surface area contributed by atoms with Crippen molar-refractivity contribution < 1.29 is 14.3 Å². The first-order valence-corrected chi connectivity index (χ1v) is 6.70. The lowest BCUT2D eigenvalue weighted by molar-refractivity contribution is 0.0888. The van der Waals surface area contributed by atoms with Gasteiger partial charge in [-0.1, -0.05) is 23.7 Å². The van der Waals surface area contributed by atoms with Crippen molar-refractivity contribution in [2.75, 3.05) is 6.54 Å². The van der Waals surface area contributed by atoms with E-state index in [1.165, 1.54) is 0 Å². The van der Waals surface area contributed by atoms with Gasteiger partial charge in [0.05, 0.1) is 6.10 Å². The van der Waals surface area contributed by atoms with Gasteiger partial charge in [-0.05, 0) is 45.8 Å². The highest BCUT2D eigenvalue weighted by Crippen LogP contribution is 2.17. The van der Waals surface area contributed by atoms with Gasteiger partial charge in [0.25, 0.3) is 5.91 Å². The molecule has 1 aromatic heterocycles. The van der Waals surface area contributed by atoms with Crippen molar-refractivity contribution in [3.63, 3.8) is 0 Å². The molecule has 1 aromatic carbocycles. The minimum absolute atomic E-state index is 0.0960. The number of rotatable bonds is 4. The number of nitrogens with one attached hydrogen (secondary N) is 1. The smallest absolute Gasteiger partial charge is 0.287 e. The number of benzene rings is 1. The molecule has 0 bridgehead atoms. The van der Waals surface area contributed by atoms with Crippen LogP contribution in [0.25, 0.3) is 0 Å². The molecule has 1 heterocycles. The van der Waals surface area contributed by atoms with Crippen LogP contribution >= 0.6 is 27.5 Å². The predicted molar refractivity (Wildman–Crippen MR) is 75.2 cm³/mol. The molecule has 2 N–H and O–H groups in total. The summed E-state index contributed by atoms with van der Waals surface area (Å²) >= 11 is 8.87. The molecule has 0 radical (unpaired) electrons. The molecule has 2 aromatic rings. The molecule has 100 valence electrons. The zero-order chi connectivity index (χ0) is 13.8. The average molecular weight is 345 g/mol. The van der Waals surface area contributed by atoms with E-state index < -0.39 is 6.10 Å². The van der Waals surface area contributed by atoms with E-state index in [-0.39, 0.29) is 18.2 Å². The molecule has 6 heteroatoms. The van der Waals surface area contributed by atoms with Gasteiger partial charge < -0.3 is 14.8 Å². The van der Waals surface area contributed by atoms with Crippen molar-refractivity contribution in [1.82, 2.24) is 5.32 Å². The summed E-state index contributed by atoms with van der Waals surface area (Å²) in [6.07, 6.45) is -0.792. The standard InChI is InChI=1S/C13H11BrClNO3/c14-12-6-5-11(19-12)13(18)16-7-10(17)8-1-3-9(15)4-2-8/h1-6,10,17H,7H2,(H,16,18). The summed E-state index contributed by atoms with van der Waals surface area (Å²) in [5.41, 5.74) is 0.685. The molecule has 0 aliphatic rings. The molecular weight excluding hydrogens is 334 g/mol. The minimum atomic E-state index is -0.792. The summed E-state index contributed by atoms with van der Waals surface area (Å²) in [5, 5.41) is 13.1. The van der Waals surface area contributed by atoms with Gasteiger partial charge in [-0.2, -0.15) is 0 Å². The van der Waals surface area contributed by atoms with Gasteiger partial charge in [0.2, 0.25) is 0 Å². The summed E-state index contributed by atoms with van der Waals surface area (Å²) in [6.45, 7) is 0.0960. The third kappa shape index (κ3) is 3.83. The van der Waals surface area contributed by atoms with Crippen molar-refractivity contribution in [1.29, 1.82) is 0 Å². The molecule has 1 unspecified atom stereocenters. The highest BCUT2D eigenvalue weighted by molar-refractivity contribution is 9.10. The lowest BCUT2D eigenvalue weighted by Crippen LogP contribution is -2.28. The molecule has 0 fully saturated rings. The van der Waals surface area contributed by atoms with E-state index in [4.69, 9.17) is 16.0 Å². The zero-order valence-corrected chi connectivity index (χ0v) is 12.1. The van der Waals surface area contributed by atoms with Crippen LogP contribution < -0.4 is 5.32 Å². The summed E-state index contributed by atoms with van der Waals surface area (Å²) < 4.78 is 5.59. The first kappa shape index (κ1) is 14.1. The molecule has 1 atom stereocenters. The van der Waals surface area contributed by atoms with Crippen molar-refractivity contribution in [2.45, 2.75) is 6.10 Å². The van der Waals surface area contributed by atoms with Crippen molar-refractivity contribution in [3.8, 4) is 0 Å². The Morgan fingerprint density at radius 2 is 2.00 bits per heavy atom. The number of aliphatic hydroxyl groups excluding tert-OH is 1. The summed E-state index contributed by atoms with van der Waals surface area (Å²) in [6, 6.07) is 9.97. The van der Waals surface area contributed by atoms with E-state index in [2.05, 4.69) is 21.2 Å². The maximum Gasteiger partial charge on any atom is 0.287 e. The first-order valence-electron chi connectivity index (χ1n) is 5.53. The van der Waals surface area contributed by atoms with Gasteiger partial charge in [-0.3, -0.25) is 4.79 Å². The van der Waals surface area contributed by atoms with Crippen LogP contribution in [-0.4, -0.2) is 17.6 Å². The maximum absolute atomic E-state index is 11.7.